The first-order valence-electron chi connectivity index (χ1n) is 4.32. The lowest BCUT2D eigenvalue weighted by molar-refractivity contribution is 0.485. The summed E-state index contributed by atoms with van der Waals surface area (Å²) in [6, 6.07) is 2.80. The first-order valence-corrected chi connectivity index (χ1v) is 5.45. The summed E-state index contributed by atoms with van der Waals surface area (Å²) in [4.78, 5) is 6.23. The van der Waals surface area contributed by atoms with Crippen molar-refractivity contribution in [3.05, 3.63) is 45.4 Å². The number of halogens is 5. The minimum atomic E-state index is -1.14. The Labute approximate surface area is 110 Å². The summed E-state index contributed by atoms with van der Waals surface area (Å²) in [5, 5.41) is 0.497. The van der Waals surface area contributed by atoms with E-state index in [1.807, 2.05) is 0 Å². The molecule has 1 aromatic heterocycles. The monoisotopic (exact) mass is 294 g/mol. The Morgan fingerprint density at radius 2 is 1.59 bits per heavy atom. The van der Waals surface area contributed by atoms with E-state index in [-0.39, 0.29) is 20.6 Å². The second-order valence-electron chi connectivity index (χ2n) is 3.10. The third-order valence-electron chi connectivity index (χ3n) is 2.01. The number of hydrogen-bond acceptors (Lipinski definition) is 2. The smallest absolute Gasteiger partial charge is 0.210 e. The van der Waals surface area contributed by atoms with Crippen LogP contribution in [0.5, 0.6) is 0 Å². The molecule has 0 N–H and O–H groups in total. The molecule has 0 saturated carbocycles. The maximum atomic E-state index is 13.4. The zero-order valence-electron chi connectivity index (χ0n) is 8.02. The van der Waals surface area contributed by atoms with Crippen molar-refractivity contribution in [2.24, 2.45) is 0 Å². The van der Waals surface area contributed by atoms with Gasteiger partial charge in [0, 0.05) is 6.20 Å². The molecular formula is C10H3Cl3F2N2. The Hall–Kier alpha value is -0.970. The Morgan fingerprint density at radius 3 is 2.12 bits per heavy atom. The summed E-state index contributed by atoms with van der Waals surface area (Å²) in [7, 11) is 0. The van der Waals surface area contributed by atoms with Gasteiger partial charge in [0.25, 0.3) is 0 Å². The Bertz CT molecular complexity index is 567. The van der Waals surface area contributed by atoms with Gasteiger partial charge < -0.3 is 0 Å². The van der Waals surface area contributed by atoms with Crippen LogP contribution < -0.4 is 0 Å². The minimum absolute atomic E-state index is 0.00753. The van der Waals surface area contributed by atoms with Crippen LogP contribution in [0, 0.1) is 12.0 Å². The van der Waals surface area contributed by atoms with Crippen molar-refractivity contribution in [3.63, 3.8) is 0 Å². The molecule has 1 aromatic carbocycles. The van der Waals surface area contributed by atoms with Crippen molar-refractivity contribution < 1.29 is 8.78 Å². The fraction of sp³-hybridized carbons (Fsp3) is 0. The molecule has 0 radical (unpaired) electrons. The van der Waals surface area contributed by atoms with E-state index < -0.39 is 12.0 Å². The number of benzene rings is 1. The summed E-state index contributed by atoms with van der Waals surface area (Å²) >= 11 is 17.4. The zero-order valence-corrected chi connectivity index (χ0v) is 10.3. The predicted molar refractivity (Wildman–Crippen MR) is 62.4 cm³/mol. The van der Waals surface area contributed by atoms with Crippen LogP contribution >= 0.6 is 34.8 Å². The van der Waals surface area contributed by atoms with Crippen molar-refractivity contribution in [2.45, 2.75) is 0 Å². The molecule has 2 nitrogen and oxygen atoms in total. The molecule has 88 valence electrons. The van der Waals surface area contributed by atoms with E-state index in [9.17, 15) is 8.78 Å². The lowest BCUT2D eigenvalue weighted by Gasteiger charge is -2.05. The molecule has 0 spiro atoms. The largest absolute Gasteiger partial charge is 0.311 e. The van der Waals surface area contributed by atoms with E-state index in [1.165, 1.54) is 12.1 Å². The van der Waals surface area contributed by atoms with E-state index in [2.05, 4.69) is 9.97 Å². The quantitative estimate of drug-likeness (QED) is 0.443. The maximum absolute atomic E-state index is 13.4. The van der Waals surface area contributed by atoms with Gasteiger partial charge in [0.15, 0.2) is 0 Å². The van der Waals surface area contributed by atoms with E-state index in [0.717, 1.165) is 6.20 Å². The van der Waals surface area contributed by atoms with Gasteiger partial charge in [-0.2, -0.15) is 13.8 Å². The van der Waals surface area contributed by atoms with E-state index in [1.54, 1.807) is 0 Å². The van der Waals surface area contributed by atoms with Gasteiger partial charge in [-0.1, -0.05) is 34.8 Å². The summed E-state index contributed by atoms with van der Waals surface area (Å²) < 4.78 is 25.9. The first kappa shape index (κ1) is 12.5. The van der Waals surface area contributed by atoms with Gasteiger partial charge in [-0.15, -0.1) is 0 Å². The molecule has 7 heteroatoms. The maximum Gasteiger partial charge on any atom is 0.311 e. The predicted octanol–water partition coefficient (Wildman–Crippen LogP) is 4.38. The lowest BCUT2D eigenvalue weighted by atomic mass is 10.1. The fourth-order valence-corrected chi connectivity index (χ4v) is 1.84. The number of hydrogen-bond donors (Lipinski definition) is 0. The third-order valence-corrected chi connectivity index (χ3v) is 3.20. The average molecular weight is 296 g/mol. The molecular weight excluding hydrogens is 292 g/mol. The normalized spacial score (nSPS) is 10.6. The van der Waals surface area contributed by atoms with Crippen LogP contribution in [0.15, 0.2) is 18.3 Å². The highest BCUT2D eigenvalue weighted by Gasteiger charge is 2.12. The molecule has 0 aliphatic rings. The molecule has 0 unspecified atom stereocenters. The first-order chi connectivity index (χ1) is 7.99. The highest BCUT2D eigenvalue weighted by Crippen LogP contribution is 2.35. The molecule has 0 amide bonds. The molecule has 0 saturated heterocycles. The molecule has 0 atom stereocenters. The third kappa shape index (κ3) is 2.49. The summed E-state index contributed by atoms with van der Waals surface area (Å²) in [6.07, 6.45) is -0.134. The van der Waals surface area contributed by atoms with Crippen molar-refractivity contribution in [2.75, 3.05) is 0 Å². The molecule has 0 fully saturated rings. The van der Waals surface area contributed by atoms with Crippen LogP contribution in [0.3, 0.4) is 0 Å². The second kappa shape index (κ2) is 4.72. The summed E-state index contributed by atoms with van der Waals surface area (Å²) in [6.45, 7) is 0. The highest BCUT2D eigenvalue weighted by molar-refractivity contribution is 6.48. The topological polar surface area (TPSA) is 25.8 Å². The molecule has 0 aliphatic heterocycles. The van der Waals surface area contributed by atoms with Gasteiger partial charge >= 0.3 is 6.08 Å². The van der Waals surface area contributed by atoms with Crippen LogP contribution in [0.4, 0.5) is 8.78 Å². The van der Waals surface area contributed by atoms with Crippen LogP contribution in [-0.2, 0) is 0 Å². The van der Waals surface area contributed by atoms with Gasteiger partial charge in [-0.3, -0.25) is 0 Å². The molecule has 1 heterocycles. The Kier molecular flexibility index (Phi) is 3.47. The van der Waals surface area contributed by atoms with Crippen molar-refractivity contribution in [1.82, 2.24) is 9.97 Å². The summed E-state index contributed by atoms with van der Waals surface area (Å²) in [5.41, 5.74) is 0.314. The van der Waals surface area contributed by atoms with Gasteiger partial charge in [0.05, 0.1) is 20.6 Å². The van der Waals surface area contributed by atoms with Crippen LogP contribution in [-0.4, -0.2) is 9.97 Å². The van der Waals surface area contributed by atoms with Crippen molar-refractivity contribution in [1.29, 1.82) is 0 Å². The summed E-state index contributed by atoms with van der Waals surface area (Å²) in [5.74, 6) is -0.994. The minimum Gasteiger partial charge on any atom is -0.210 e. The van der Waals surface area contributed by atoms with Crippen LogP contribution in [0.2, 0.25) is 15.1 Å². The van der Waals surface area contributed by atoms with Crippen LogP contribution in [0.1, 0.15) is 0 Å². The molecule has 17 heavy (non-hydrogen) atoms. The molecule has 0 aliphatic carbocycles. The molecule has 2 rings (SSSR count). The number of rotatable bonds is 1. The van der Waals surface area contributed by atoms with Crippen molar-refractivity contribution >= 4 is 34.8 Å². The van der Waals surface area contributed by atoms with E-state index in [0.29, 0.717) is 5.56 Å². The molecule has 0 bridgehead atoms. The van der Waals surface area contributed by atoms with Gasteiger partial charge in [0.1, 0.15) is 0 Å². The van der Waals surface area contributed by atoms with E-state index in [4.69, 9.17) is 34.8 Å². The fourth-order valence-electron chi connectivity index (χ4n) is 1.25. The van der Waals surface area contributed by atoms with Crippen LogP contribution in [0.25, 0.3) is 11.1 Å². The number of nitrogens with zero attached hydrogens (tertiary/aromatic N) is 2. The zero-order chi connectivity index (χ0) is 12.6. The standard InChI is InChI=1S/C10H3Cl3F2N2/c11-6-1-4(2-7(12)8(6)13)5-3-16-10(15)17-9(5)14/h1-3H. The SMILES string of the molecule is Fc1ncc(-c2cc(Cl)c(Cl)c(Cl)c2)c(F)n1. The van der Waals surface area contributed by atoms with Gasteiger partial charge in [0.2, 0.25) is 5.95 Å². The number of aromatic nitrogens is 2. The molecule has 2 aromatic rings. The van der Waals surface area contributed by atoms with Crippen molar-refractivity contribution in [3.8, 4) is 11.1 Å². The van der Waals surface area contributed by atoms with E-state index >= 15 is 0 Å². The Morgan fingerprint density at radius 1 is 1.00 bits per heavy atom. The van der Waals surface area contributed by atoms with Gasteiger partial charge in [-0.05, 0) is 17.7 Å². The second-order valence-corrected chi connectivity index (χ2v) is 4.29. The Balaban J connectivity index is 2.61. The lowest BCUT2D eigenvalue weighted by Crippen LogP contribution is -1.96. The highest BCUT2D eigenvalue weighted by atomic mass is 35.5. The average Bonchev–Trinajstić information content (AvgIpc) is 2.25. The van der Waals surface area contributed by atoms with Gasteiger partial charge in [-0.25, -0.2) is 4.98 Å².